The average molecular weight is 396 g/mol. The number of nitrogens with one attached hydrogen (secondary N) is 2. The predicted octanol–water partition coefficient (Wildman–Crippen LogP) is 7.01. The minimum Gasteiger partial charge on any atom is -0.357 e. The van der Waals surface area contributed by atoms with Gasteiger partial charge in [-0.25, -0.2) is 0 Å². The SMILES string of the molecule is c1ccc2c(c1)-c1ccccc1C2(c1cc2ccccc2[nH]1)c1cc2ccccc2[nH]1. The first-order valence-corrected chi connectivity index (χ1v) is 10.7. The molecule has 0 spiro atoms. The Balaban J connectivity index is 1.67. The molecular formula is C29H20N2. The van der Waals surface area contributed by atoms with Crippen LogP contribution in [0.15, 0.2) is 109 Å². The molecule has 0 unspecified atom stereocenters. The van der Waals surface area contributed by atoms with Gasteiger partial charge in [0.25, 0.3) is 0 Å². The first kappa shape index (κ1) is 16.7. The topological polar surface area (TPSA) is 31.6 Å². The third-order valence-corrected chi connectivity index (χ3v) is 6.82. The van der Waals surface area contributed by atoms with Crippen LogP contribution in [0.2, 0.25) is 0 Å². The van der Waals surface area contributed by atoms with Gasteiger partial charge in [-0.15, -0.1) is 0 Å². The molecule has 146 valence electrons. The fraction of sp³-hybridized carbons (Fsp3) is 0.0345. The lowest BCUT2D eigenvalue weighted by Crippen LogP contribution is -2.29. The van der Waals surface area contributed by atoms with Gasteiger partial charge in [-0.1, -0.05) is 84.9 Å². The molecule has 0 atom stereocenters. The van der Waals surface area contributed by atoms with E-state index in [2.05, 4.69) is 119 Å². The summed E-state index contributed by atoms with van der Waals surface area (Å²) >= 11 is 0. The molecule has 0 radical (unpaired) electrons. The van der Waals surface area contributed by atoms with Crippen molar-refractivity contribution in [2.45, 2.75) is 5.41 Å². The van der Waals surface area contributed by atoms with Gasteiger partial charge in [0.2, 0.25) is 0 Å². The lowest BCUT2D eigenvalue weighted by molar-refractivity contribution is 0.723. The molecule has 0 bridgehead atoms. The van der Waals surface area contributed by atoms with Crippen molar-refractivity contribution < 1.29 is 0 Å². The van der Waals surface area contributed by atoms with Crippen LogP contribution in [0.3, 0.4) is 0 Å². The van der Waals surface area contributed by atoms with Gasteiger partial charge in [0.1, 0.15) is 5.41 Å². The van der Waals surface area contributed by atoms with E-state index < -0.39 is 5.41 Å². The molecule has 0 amide bonds. The van der Waals surface area contributed by atoms with Gasteiger partial charge in [-0.3, -0.25) is 0 Å². The second-order valence-electron chi connectivity index (χ2n) is 8.38. The van der Waals surface area contributed by atoms with Crippen molar-refractivity contribution in [2.24, 2.45) is 0 Å². The van der Waals surface area contributed by atoms with Gasteiger partial charge in [-0.05, 0) is 57.3 Å². The summed E-state index contributed by atoms with van der Waals surface area (Å²) in [5, 5.41) is 2.46. The number of fused-ring (bicyclic) bond motifs is 5. The molecule has 31 heavy (non-hydrogen) atoms. The Hall–Kier alpha value is -4.04. The van der Waals surface area contributed by atoms with Crippen molar-refractivity contribution in [3.63, 3.8) is 0 Å². The molecule has 2 nitrogen and oxygen atoms in total. The van der Waals surface area contributed by atoms with Gasteiger partial charge in [0.15, 0.2) is 0 Å². The summed E-state index contributed by atoms with van der Waals surface area (Å²) < 4.78 is 0. The fourth-order valence-corrected chi connectivity index (χ4v) is 5.51. The third kappa shape index (κ3) is 2.11. The van der Waals surface area contributed by atoms with Crippen LogP contribution >= 0.6 is 0 Å². The highest BCUT2D eigenvalue weighted by molar-refractivity contribution is 5.90. The number of rotatable bonds is 2. The molecule has 6 aromatic rings. The van der Waals surface area contributed by atoms with Gasteiger partial charge in [0, 0.05) is 22.4 Å². The molecular weight excluding hydrogens is 376 g/mol. The molecule has 0 fully saturated rings. The highest BCUT2D eigenvalue weighted by Crippen LogP contribution is 2.56. The number of H-pyrrole nitrogens is 2. The number of para-hydroxylation sites is 2. The number of hydrogen-bond acceptors (Lipinski definition) is 0. The van der Waals surface area contributed by atoms with E-state index in [9.17, 15) is 0 Å². The predicted molar refractivity (Wildman–Crippen MR) is 127 cm³/mol. The number of benzene rings is 4. The normalized spacial score (nSPS) is 14.1. The van der Waals surface area contributed by atoms with Crippen LogP contribution in [0.1, 0.15) is 22.5 Å². The van der Waals surface area contributed by atoms with E-state index in [4.69, 9.17) is 0 Å². The zero-order valence-corrected chi connectivity index (χ0v) is 16.9. The maximum atomic E-state index is 3.78. The second kappa shape index (κ2) is 5.99. The Morgan fingerprint density at radius 2 is 0.871 bits per heavy atom. The van der Waals surface area contributed by atoms with Crippen LogP contribution in [0.5, 0.6) is 0 Å². The number of hydrogen-bond donors (Lipinski definition) is 2. The maximum Gasteiger partial charge on any atom is 0.101 e. The molecule has 7 rings (SSSR count). The monoisotopic (exact) mass is 396 g/mol. The fourth-order valence-electron chi connectivity index (χ4n) is 5.51. The van der Waals surface area contributed by atoms with Crippen LogP contribution in [0.25, 0.3) is 32.9 Å². The summed E-state index contributed by atoms with van der Waals surface area (Å²) in [4.78, 5) is 7.57. The Morgan fingerprint density at radius 1 is 0.452 bits per heavy atom. The average Bonchev–Trinajstić information content (AvgIpc) is 3.51. The van der Waals surface area contributed by atoms with E-state index in [-0.39, 0.29) is 0 Å². The van der Waals surface area contributed by atoms with Crippen LogP contribution in [0.4, 0.5) is 0 Å². The lowest BCUT2D eigenvalue weighted by atomic mass is 9.72. The summed E-state index contributed by atoms with van der Waals surface area (Å²) in [5.74, 6) is 0. The summed E-state index contributed by atoms with van der Waals surface area (Å²) in [5.41, 5.74) is 9.51. The molecule has 2 heterocycles. The van der Waals surface area contributed by atoms with Crippen LogP contribution < -0.4 is 0 Å². The largest absolute Gasteiger partial charge is 0.357 e. The number of aromatic amines is 2. The summed E-state index contributed by atoms with van der Waals surface area (Å²) in [6, 6.07) is 39.4. The molecule has 0 aliphatic heterocycles. The summed E-state index contributed by atoms with van der Waals surface area (Å²) in [7, 11) is 0. The maximum absolute atomic E-state index is 3.78. The standard InChI is InChI=1S/C29H20N2/c1-7-15-25-19(9-1)17-27(30-25)29(28-18-20-10-2-8-16-26(20)31-28)23-13-5-3-11-21(23)22-12-4-6-14-24(22)29/h1-18,30-31H. The molecule has 1 aliphatic rings. The van der Waals surface area contributed by atoms with Crippen LogP contribution in [-0.2, 0) is 5.41 Å². The quantitative estimate of drug-likeness (QED) is 0.315. The van der Waals surface area contributed by atoms with Crippen molar-refractivity contribution in [1.82, 2.24) is 9.97 Å². The van der Waals surface area contributed by atoms with Crippen molar-refractivity contribution >= 4 is 21.8 Å². The van der Waals surface area contributed by atoms with Crippen molar-refractivity contribution in [3.8, 4) is 11.1 Å². The minimum atomic E-state index is -0.425. The zero-order valence-electron chi connectivity index (χ0n) is 16.9. The second-order valence-corrected chi connectivity index (χ2v) is 8.38. The highest BCUT2D eigenvalue weighted by Gasteiger charge is 2.48. The first-order valence-electron chi connectivity index (χ1n) is 10.7. The molecule has 0 saturated carbocycles. The Labute approximate surface area is 180 Å². The van der Waals surface area contributed by atoms with Crippen LogP contribution in [-0.4, -0.2) is 9.97 Å². The van der Waals surface area contributed by atoms with Gasteiger partial charge >= 0.3 is 0 Å². The lowest BCUT2D eigenvalue weighted by Gasteiger charge is -2.30. The molecule has 4 aromatic carbocycles. The molecule has 2 heteroatoms. The highest BCUT2D eigenvalue weighted by atomic mass is 14.8. The smallest absolute Gasteiger partial charge is 0.101 e. The first-order chi connectivity index (χ1) is 15.4. The molecule has 2 aromatic heterocycles. The Kier molecular flexibility index (Phi) is 3.23. The van der Waals surface area contributed by atoms with Crippen molar-refractivity contribution in [3.05, 3.63) is 132 Å². The Bertz CT molecular complexity index is 1410. The zero-order chi connectivity index (χ0) is 20.4. The van der Waals surface area contributed by atoms with E-state index in [1.54, 1.807) is 0 Å². The van der Waals surface area contributed by atoms with Gasteiger partial charge < -0.3 is 9.97 Å². The van der Waals surface area contributed by atoms with E-state index in [0.29, 0.717) is 0 Å². The number of aromatic nitrogens is 2. The summed E-state index contributed by atoms with van der Waals surface area (Å²) in [6.07, 6.45) is 0. The third-order valence-electron chi connectivity index (χ3n) is 6.82. The molecule has 2 N–H and O–H groups in total. The van der Waals surface area contributed by atoms with Gasteiger partial charge in [-0.2, -0.15) is 0 Å². The minimum absolute atomic E-state index is 0.425. The van der Waals surface area contributed by atoms with E-state index in [0.717, 1.165) is 11.0 Å². The molecule has 1 aliphatic carbocycles. The van der Waals surface area contributed by atoms with Gasteiger partial charge in [0.05, 0.1) is 0 Å². The van der Waals surface area contributed by atoms with E-state index in [1.165, 1.54) is 44.4 Å². The van der Waals surface area contributed by atoms with E-state index >= 15 is 0 Å². The van der Waals surface area contributed by atoms with E-state index in [1.807, 2.05) is 0 Å². The van der Waals surface area contributed by atoms with Crippen molar-refractivity contribution in [2.75, 3.05) is 0 Å². The van der Waals surface area contributed by atoms with Crippen molar-refractivity contribution in [1.29, 1.82) is 0 Å². The Morgan fingerprint density at radius 3 is 1.35 bits per heavy atom. The van der Waals surface area contributed by atoms with Crippen LogP contribution in [0, 0.1) is 0 Å². The summed E-state index contributed by atoms with van der Waals surface area (Å²) in [6.45, 7) is 0. The molecule has 0 saturated heterocycles.